The van der Waals surface area contributed by atoms with Crippen LogP contribution in [0, 0.1) is 0 Å². The minimum Gasteiger partial charge on any atom is -0.353 e. The van der Waals surface area contributed by atoms with E-state index < -0.39 is 0 Å². The number of hydrogen-bond acceptors (Lipinski definition) is 1. The van der Waals surface area contributed by atoms with E-state index in [9.17, 15) is 4.79 Å². The monoisotopic (exact) mass is 221 g/mol. The predicted octanol–water partition coefficient (Wildman–Crippen LogP) is 3.35. The molecule has 1 rings (SSSR count). The summed E-state index contributed by atoms with van der Waals surface area (Å²) in [6.07, 6.45) is 12.6. The second-order valence-electron chi connectivity index (χ2n) is 4.44. The average Bonchev–Trinajstić information content (AvgIpc) is 2.29. The van der Waals surface area contributed by atoms with Crippen molar-refractivity contribution in [3.63, 3.8) is 0 Å². The van der Waals surface area contributed by atoms with Crippen molar-refractivity contribution >= 4 is 5.91 Å². The second kappa shape index (κ2) is 7.26. The third-order valence-corrected chi connectivity index (χ3v) is 3.09. The van der Waals surface area contributed by atoms with Gasteiger partial charge in [-0.1, -0.05) is 37.5 Å². The van der Waals surface area contributed by atoms with Gasteiger partial charge in [-0.3, -0.25) is 4.79 Å². The minimum atomic E-state index is 0.165. The highest BCUT2D eigenvalue weighted by molar-refractivity contribution is 5.79. The number of amides is 1. The van der Waals surface area contributed by atoms with E-state index in [1.807, 2.05) is 32.1 Å². The first-order valence-electron chi connectivity index (χ1n) is 6.33. The van der Waals surface area contributed by atoms with E-state index in [-0.39, 0.29) is 5.91 Å². The summed E-state index contributed by atoms with van der Waals surface area (Å²) in [5, 5.41) is 3.13. The van der Waals surface area contributed by atoms with Gasteiger partial charge in [-0.15, -0.1) is 0 Å². The molecule has 1 fully saturated rings. The zero-order valence-electron chi connectivity index (χ0n) is 10.5. The molecule has 1 N–H and O–H groups in total. The molecule has 0 saturated heterocycles. The fraction of sp³-hybridized carbons (Fsp3) is 0.643. The number of hydrogen-bond donors (Lipinski definition) is 1. The summed E-state index contributed by atoms with van der Waals surface area (Å²) >= 11 is 0. The number of rotatable bonds is 4. The van der Waals surface area contributed by atoms with Crippen molar-refractivity contribution in [1.82, 2.24) is 5.32 Å². The van der Waals surface area contributed by atoms with E-state index in [4.69, 9.17) is 0 Å². The third-order valence-electron chi connectivity index (χ3n) is 3.09. The minimum absolute atomic E-state index is 0.165. The van der Waals surface area contributed by atoms with Crippen molar-refractivity contribution in [2.45, 2.75) is 58.4 Å². The predicted molar refractivity (Wildman–Crippen MR) is 68.2 cm³/mol. The number of nitrogens with one attached hydrogen (secondary N) is 1. The van der Waals surface area contributed by atoms with Crippen molar-refractivity contribution in [2.24, 2.45) is 0 Å². The standard InChI is InChI=1S/C14H23NO/c1-3-8-12(4-2)11-14(16)15-13-9-6-5-7-10-13/h3-4,8,13H,5-7,9-11H2,1-2H3,(H,15,16)/b8-3-,12-4+. The molecule has 1 saturated carbocycles. The highest BCUT2D eigenvalue weighted by atomic mass is 16.1. The number of allylic oxidation sites excluding steroid dienone is 3. The molecule has 0 aromatic carbocycles. The summed E-state index contributed by atoms with van der Waals surface area (Å²) in [5.41, 5.74) is 1.09. The Morgan fingerprint density at radius 3 is 2.50 bits per heavy atom. The molecular formula is C14H23NO. The molecule has 90 valence electrons. The van der Waals surface area contributed by atoms with Crippen LogP contribution in [0.2, 0.25) is 0 Å². The van der Waals surface area contributed by atoms with Crippen LogP contribution >= 0.6 is 0 Å². The van der Waals surface area contributed by atoms with Gasteiger partial charge in [0.25, 0.3) is 0 Å². The highest BCUT2D eigenvalue weighted by Crippen LogP contribution is 2.17. The lowest BCUT2D eigenvalue weighted by molar-refractivity contribution is -0.121. The van der Waals surface area contributed by atoms with E-state index in [2.05, 4.69) is 5.32 Å². The van der Waals surface area contributed by atoms with Gasteiger partial charge in [-0.2, -0.15) is 0 Å². The Morgan fingerprint density at radius 2 is 1.94 bits per heavy atom. The van der Waals surface area contributed by atoms with Gasteiger partial charge < -0.3 is 5.32 Å². The zero-order chi connectivity index (χ0) is 11.8. The first-order chi connectivity index (χ1) is 7.76. The molecule has 0 aromatic rings. The zero-order valence-corrected chi connectivity index (χ0v) is 10.5. The van der Waals surface area contributed by atoms with Gasteiger partial charge in [0, 0.05) is 6.04 Å². The molecule has 1 aliphatic rings. The lowest BCUT2D eigenvalue weighted by Crippen LogP contribution is -2.36. The van der Waals surface area contributed by atoms with Gasteiger partial charge in [0.2, 0.25) is 5.91 Å². The molecule has 0 unspecified atom stereocenters. The maximum Gasteiger partial charge on any atom is 0.224 e. The van der Waals surface area contributed by atoms with Crippen molar-refractivity contribution in [1.29, 1.82) is 0 Å². The number of carbonyl (C=O) groups is 1. The smallest absolute Gasteiger partial charge is 0.224 e. The van der Waals surface area contributed by atoms with E-state index in [1.165, 1.54) is 19.3 Å². The van der Waals surface area contributed by atoms with Gasteiger partial charge in [0.05, 0.1) is 6.42 Å². The van der Waals surface area contributed by atoms with E-state index in [1.54, 1.807) is 0 Å². The van der Waals surface area contributed by atoms with Crippen LogP contribution in [0.15, 0.2) is 23.8 Å². The molecule has 0 radical (unpaired) electrons. The van der Waals surface area contributed by atoms with Crippen LogP contribution in [0.3, 0.4) is 0 Å². The lowest BCUT2D eigenvalue weighted by atomic mass is 9.95. The first-order valence-corrected chi connectivity index (χ1v) is 6.33. The molecule has 0 spiro atoms. The molecule has 0 aliphatic heterocycles. The Labute approximate surface area is 98.8 Å². The molecule has 0 heterocycles. The van der Waals surface area contributed by atoms with Crippen molar-refractivity contribution < 1.29 is 4.79 Å². The Kier molecular flexibility index (Phi) is 5.91. The van der Waals surface area contributed by atoms with Crippen LogP contribution in [0.1, 0.15) is 52.4 Å². The summed E-state index contributed by atoms with van der Waals surface area (Å²) in [5.74, 6) is 0.165. The van der Waals surface area contributed by atoms with Gasteiger partial charge in [0.1, 0.15) is 0 Å². The largest absolute Gasteiger partial charge is 0.353 e. The molecule has 0 aromatic heterocycles. The Hall–Kier alpha value is -1.05. The molecule has 1 aliphatic carbocycles. The molecule has 2 nitrogen and oxygen atoms in total. The SMILES string of the molecule is C/C=C\C(=C/C)CC(=O)NC1CCCCC1. The van der Waals surface area contributed by atoms with Crippen molar-refractivity contribution in [3.05, 3.63) is 23.8 Å². The molecule has 1 amide bonds. The molecule has 2 heteroatoms. The van der Waals surface area contributed by atoms with Crippen LogP contribution in [-0.2, 0) is 4.79 Å². The van der Waals surface area contributed by atoms with Crippen LogP contribution in [0.5, 0.6) is 0 Å². The highest BCUT2D eigenvalue weighted by Gasteiger charge is 2.15. The summed E-state index contributed by atoms with van der Waals surface area (Å²) in [6.45, 7) is 3.95. The first kappa shape index (κ1) is 13.0. The molecular weight excluding hydrogens is 198 g/mol. The Morgan fingerprint density at radius 1 is 1.25 bits per heavy atom. The molecule has 16 heavy (non-hydrogen) atoms. The molecule has 0 atom stereocenters. The second-order valence-corrected chi connectivity index (χ2v) is 4.44. The van der Waals surface area contributed by atoms with Gasteiger partial charge in [-0.05, 0) is 32.3 Å². The normalized spacial score (nSPS) is 19.0. The van der Waals surface area contributed by atoms with Gasteiger partial charge in [-0.25, -0.2) is 0 Å². The van der Waals surface area contributed by atoms with Crippen molar-refractivity contribution in [2.75, 3.05) is 0 Å². The van der Waals surface area contributed by atoms with Crippen LogP contribution < -0.4 is 5.32 Å². The summed E-state index contributed by atoms with van der Waals surface area (Å²) < 4.78 is 0. The Balaban J connectivity index is 2.34. The van der Waals surface area contributed by atoms with Crippen molar-refractivity contribution in [3.8, 4) is 0 Å². The van der Waals surface area contributed by atoms with E-state index in [0.717, 1.165) is 18.4 Å². The third kappa shape index (κ3) is 4.65. The maximum absolute atomic E-state index is 11.8. The summed E-state index contributed by atoms with van der Waals surface area (Å²) in [7, 11) is 0. The van der Waals surface area contributed by atoms with Gasteiger partial charge in [0.15, 0.2) is 0 Å². The number of carbonyl (C=O) groups excluding carboxylic acids is 1. The molecule has 0 bridgehead atoms. The topological polar surface area (TPSA) is 29.1 Å². The van der Waals surface area contributed by atoms with Crippen LogP contribution in [0.25, 0.3) is 0 Å². The quantitative estimate of drug-likeness (QED) is 0.725. The average molecular weight is 221 g/mol. The fourth-order valence-corrected chi connectivity index (χ4v) is 2.18. The Bertz CT molecular complexity index is 272. The van der Waals surface area contributed by atoms with Crippen LogP contribution in [0.4, 0.5) is 0 Å². The maximum atomic E-state index is 11.8. The van der Waals surface area contributed by atoms with Gasteiger partial charge >= 0.3 is 0 Å². The summed E-state index contributed by atoms with van der Waals surface area (Å²) in [6, 6.07) is 0.421. The van der Waals surface area contributed by atoms with Crippen LogP contribution in [-0.4, -0.2) is 11.9 Å². The van der Waals surface area contributed by atoms with E-state index >= 15 is 0 Å². The van der Waals surface area contributed by atoms with E-state index in [0.29, 0.717) is 12.5 Å². The fourth-order valence-electron chi connectivity index (χ4n) is 2.18. The lowest BCUT2D eigenvalue weighted by Gasteiger charge is -2.22. The summed E-state index contributed by atoms with van der Waals surface area (Å²) in [4.78, 5) is 11.8.